The third kappa shape index (κ3) is 5.45. The quantitative estimate of drug-likeness (QED) is 0.343. The molecule has 4 atom stereocenters. The van der Waals surface area contributed by atoms with Crippen molar-refractivity contribution in [2.75, 3.05) is 0 Å². The van der Waals surface area contributed by atoms with Gasteiger partial charge >= 0.3 is 5.97 Å². The van der Waals surface area contributed by atoms with Gasteiger partial charge in [0.25, 0.3) is 0 Å². The molecule has 5 heteroatoms. The maximum absolute atomic E-state index is 12.5. The van der Waals surface area contributed by atoms with Crippen LogP contribution in [0.4, 0.5) is 0 Å². The maximum atomic E-state index is 12.5. The summed E-state index contributed by atoms with van der Waals surface area (Å²) in [5, 5.41) is 30.2. The van der Waals surface area contributed by atoms with E-state index in [0.29, 0.717) is 19.3 Å². The second kappa shape index (κ2) is 10.6. The van der Waals surface area contributed by atoms with Crippen LogP contribution in [0.5, 0.6) is 0 Å². The van der Waals surface area contributed by atoms with Crippen molar-refractivity contribution in [2.45, 2.75) is 89.3 Å². The van der Waals surface area contributed by atoms with Crippen LogP contribution >= 0.6 is 0 Å². The number of aliphatic carboxylic acids is 1. The van der Waals surface area contributed by atoms with Crippen LogP contribution in [0.1, 0.15) is 94.3 Å². The molecule has 0 spiro atoms. The van der Waals surface area contributed by atoms with Crippen molar-refractivity contribution >= 4 is 11.8 Å². The predicted octanol–water partition coefficient (Wildman–Crippen LogP) is 4.93. The minimum Gasteiger partial charge on any atom is -0.481 e. The van der Waals surface area contributed by atoms with Gasteiger partial charge in [-0.1, -0.05) is 56.2 Å². The van der Waals surface area contributed by atoms with Gasteiger partial charge in [-0.3, -0.25) is 9.59 Å². The number of aliphatic hydroxyl groups is 2. The van der Waals surface area contributed by atoms with E-state index in [1.807, 2.05) is 36.4 Å². The van der Waals surface area contributed by atoms with Gasteiger partial charge in [0.1, 0.15) is 5.78 Å². The van der Waals surface area contributed by atoms with E-state index >= 15 is 0 Å². The first kappa shape index (κ1) is 23.7. The fourth-order valence-corrected chi connectivity index (χ4v) is 5.46. The van der Waals surface area contributed by atoms with E-state index in [4.69, 9.17) is 5.11 Å². The van der Waals surface area contributed by atoms with Crippen LogP contribution in [0.2, 0.25) is 0 Å². The summed E-state index contributed by atoms with van der Waals surface area (Å²) >= 11 is 0. The number of carbonyl (C=O) groups is 2. The summed E-state index contributed by atoms with van der Waals surface area (Å²) in [7, 11) is 0. The van der Waals surface area contributed by atoms with Crippen LogP contribution < -0.4 is 0 Å². The van der Waals surface area contributed by atoms with Crippen molar-refractivity contribution in [1.82, 2.24) is 0 Å². The number of allylic oxidation sites excluding steroid dienone is 2. The Morgan fingerprint density at radius 3 is 2.52 bits per heavy atom. The van der Waals surface area contributed by atoms with Crippen LogP contribution in [-0.4, -0.2) is 33.2 Å². The molecule has 2 aliphatic carbocycles. The van der Waals surface area contributed by atoms with E-state index in [0.717, 1.165) is 36.8 Å². The van der Waals surface area contributed by atoms with E-state index in [9.17, 15) is 19.8 Å². The molecule has 1 unspecified atom stereocenters. The van der Waals surface area contributed by atoms with Crippen molar-refractivity contribution in [2.24, 2.45) is 11.3 Å². The molecule has 0 amide bonds. The highest BCUT2D eigenvalue weighted by Gasteiger charge is 2.44. The third-order valence-electron chi connectivity index (χ3n) is 7.30. The van der Waals surface area contributed by atoms with Crippen molar-refractivity contribution in [3.05, 3.63) is 47.5 Å². The lowest BCUT2D eigenvalue weighted by Gasteiger charge is -2.46. The first-order valence-electron chi connectivity index (χ1n) is 11.7. The number of carboxylic acids is 1. The molecule has 2 aliphatic rings. The average molecular weight is 429 g/mol. The molecule has 2 fully saturated rings. The average Bonchev–Trinajstić information content (AvgIpc) is 2.99. The number of Topliss-reactive ketones (excluding diaryl/α,β-unsaturated/α-hetero) is 1. The van der Waals surface area contributed by atoms with Crippen LogP contribution in [0, 0.1) is 11.3 Å². The number of ketones is 1. The highest BCUT2D eigenvalue weighted by atomic mass is 16.4. The number of rotatable bonds is 11. The molecule has 0 bridgehead atoms. The second-order valence-electron chi connectivity index (χ2n) is 9.40. The summed E-state index contributed by atoms with van der Waals surface area (Å²) in [5.74, 6) is -1.22. The lowest BCUT2D eigenvalue weighted by molar-refractivity contribution is -0.137. The summed E-state index contributed by atoms with van der Waals surface area (Å²) in [4.78, 5) is 23.1. The maximum Gasteiger partial charge on any atom is 0.303 e. The number of aliphatic hydroxyl groups excluding tert-OH is 2. The Hall–Kier alpha value is -1.98. The minimum absolute atomic E-state index is 0.00702. The zero-order valence-electron chi connectivity index (χ0n) is 18.5. The summed E-state index contributed by atoms with van der Waals surface area (Å²) in [6.45, 7) is 2.16. The lowest BCUT2D eigenvalue weighted by Crippen LogP contribution is -2.36. The minimum atomic E-state index is -0.797. The number of hydrogen-bond donors (Lipinski definition) is 3. The first-order chi connectivity index (χ1) is 14.9. The SMILES string of the molecule is CCCC1(C(O)c2ccc([C@H]3[C@H](O)CC(=O)[C@@H]3CC=CCCCC(=O)O)cc2)CCC1. The van der Waals surface area contributed by atoms with Gasteiger partial charge in [0, 0.05) is 30.1 Å². The first-order valence-corrected chi connectivity index (χ1v) is 11.7. The fraction of sp³-hybridized carbons (Fsp3) is 0.615. The molecule has 31 heavy (non-hydrogen) atoms. The van der Waals surface area contributed by atoms with Gasteiger partial charge in [-0.2, -0.15) is 0 Å². The number of carbonyl (C=O) groups excluding carboxylic acids is 1. The van der Waals surface area contributed by atoms with Crippen molar-refractivity contribution < 1.29 is 24.9 Å². The molecule has 1 aromatic carbocycles. The molecule has 0 heterocycles. The zero-order valence-corrected chi connectivity index (χ0v) is 18.5. The summed E-state index contributed by atoms with van der Waals surface area (Å²) in [6, 6.07) is 7.86. The smallest absolute Gasteiger partial charge is 0.303 e. The molecule has 1 aromatic rings. The Kier molecular flexibility index (Phi) is 8.06. The largest absolute Gasteiger partial charge is 0.481 e. The molecule has 170 valence electrons. The molecule has 0 radical (unpaired) electrons. The van der Waals surface area contributed by atoms with Gasteiger partial charge in [-0.25, -0.2) is 0 Å². The van der Waals surface area contributed by atoms with E-state index in [1.54, 1.807) is 0 Å². The van der Waals surface area contributed by atoms with E-state index in [1.165, 1.54) is 6.42 Å². The summed E-state index contributed by atoms with van der Waals surface area (Å²) in [5.41, 5.74) is 1.87. The lowest BCUT2D eigenvalue weighted by atomic mass is 9.61. The second-order valence-corrected chi connectivity index (χ2v) is 9.40. The molecule has 0 aromatic heterocycles. The number of benzene rings is 1. The molecule has 0 saturated heterocycles. The van der Waals surface area contributed by atoms with Gasteiger partial charge in [-0.15, -0.1) is 0 Å². The Bertz CT molecular complexity index is 777. The topological polar surface area (TPSA) is 94.8 Å². The number of carboxylic acid groups (broad SMARTS) is 1. The zero-order chi connectivity index (χ0) is 22.4. The van der Waals surface area contributed by atoms with Crippen molar-refractivity contribution in [3.8, 4) is 0 Å². The number of unbranched alkanes of at least 4 members (excludes halogenated alkanes) is 1. The molecular formula is C26H36O5. The van der Waals surface area contributed by atoms with Crippen molar-refractivity contribution in [3.63, 3.8) is 0 Å². The predicted molar refractivity (Wildman–Crippen MR) is 120 cm³/mol. The Morgan fingerprint density at radius 2 is 1.94 bits per heavy atom. The molecule has 3 rings (SSSR count). The number of hydrogen-bond acceptors (Lipinski definition) is 4. The Labute approximate surface area is 185 Å². The molecule has 3 N–H and O–H groups in total. The molecule has 0 aliphatic heterocycles. The molecule has 2 saturated carbocycles. The van der Waals surface area contributed by atoms with Crippen LogP contribution in [0.25, 0.3) is 0 Å². The Morgan fingerprint density at radius 1 is 1.23 bits per heavy atom. The van der Waals surface area contributed by atoms with Gasteiger partial charge in [0.15, 0.2) is 0 Å². The monoisotopic (exact) mass is 428 g/mol. The highest BCUT2D eigenvalue weighted by Crippen LogP contribution is 2.53. The van der Waals surface area contributed by atoms with Crippen LogP contribution in [0.3, 0.4) is 0 Å². The fourth-order valence-electron chi connectivity index (χ4n) is 5.46. The van der Waals surface area contributed by atoms with Gasteiger partial charge in [0.2, 0.25) is 0 Å². The van der Waals surface area contributed by atoms with Crippen molar-refractivity contribution in [1.29, 1.82) is 0 Å². The molecular weight excluding hydrogens is 392 g/mol. The normalized spacial score (nSPS) is 26.2. The van der Waals surface area contributed by atoms with Crippen LogP contribution in [-0.2, 0) is 9.59 Å². The Balaban J connectivity index is 1.66. The van der Waals surface area contributed by atoms with Crippen LogP contribution in [0.15, 0.2) is 36.4 Å². The van der Waals surface area contributed by atoms with E-state index < -0.39 is 18.2 Å². The summed E-state index contributed by atoms with van der Waals surface area (Å²) in [6.07, 6.45) is 10.3. The third-order valence-corrected chi connectivity index (χ3v) is 7.30. The van der Waals surface area contributed by atoms with Gasteiger partial charge in [0.05, 0.1) is 12.2 Å². The van der Waals surface area contributed by atoms with Gasteiger partial charge in [-0.05, 0) is 49.7 Å². The molecule has 5 nitrogen and oxygen atoms in total. The van der Waals surface area contributed by atoms with E-state index in [2.05, 4.69) is 6.92 Å². The standard InChI is InChI=1S/C26H36O5/c1-2-14-26(15-7-16-26)25(31)19-12-10-18(11-13-19)24-20(21(27)17-22(24)28)8-5-3-4-6-9-23(29)30/h3,5,10-13,20,22,24-25,28,31H,2,4,6-9,14-17H2,1H3,(H,29,30)/t20-,22+,24+,25?/m0/s1. The van der Waals surface area contributed by atoms with Gasteiger partial charge < -0.3 is 15.3 Å². The van der Waals surface area contributed by atoms with E-state index in [-0.39, 0.29) is 35.9 Å². The summed E-state index contributed by atoms with van der Waals surface area (Å²) < 4.78 is 0. The highest BCUT2D eigenvalue weighted by molar-refractivity contribution is 5.85.